The van der Waals surface area contributed by atoms with Gasteiger partial charge in [-0.15, -0.1) is 0 Å². The van der Waals surface area contributed by atoms with Crippen LogP contribution < -0.4 is 9.80 Å². The van der Waals surface area contributed by atoms with Crippen LogP contribution in [0.2, 0.25) is 0 Å². The average molecular weight is 507 g/mol. The van der Waals surface area contributed by atoms with E-state index in [0.29, 0.717) is 0 Å². The Labute approximate surface area is 199 Å². The maximum absolute atomic E-state index is 13.2. The van der Waals surface area contributed by atoms with Gasteiger partial charge < -0.3 is 9.80 Å². The first-order valence-corrected chi connectivity index (χ1v) is 11.9. The minimum Gasteiger partial charge on any atom is -0.378 e. The summed E-state index contributed by atoms with van der Waals surface area (Å²) in [6.07, 6.45) is 1.61. The third kappa shape index (κ3) is 4.18. The number of fused-ring (bicyclic) bond motifs is 1. The molecule has 35 heavy (non-hydrogen) atoms. The normalized spacial score (nSPS) is 16.9. The first-order valence-electron chi connectivity index (χ1n) is 10.4. The second kappa shape index (κ2) is 8.52. The lowest BCUT2D eigenvalue weighted by molar-refractivity contribution is -0.119. The number of hydrogen-bond acceptors (Lipinski definition) is 6. The molecular formula is C23H21F3N4O4S. The molecule has 1 fully saturated rings. The van der Waals surface area contributed by atoms with Crippen LogP contribution in [-0.4, -0.2) is 55.9 Å². The maximum atomic E-state index is 13.2. The fourth-order valence-electron chi connectivity index (χ4n) is 3.85. The van der Waals surface area contributed by atoms with Crippen molar-refractivity contribution in [2.24, 2.45) is 0 Å². The fourth-order valence-corrected chi connectivity index (χ4v) is 4.62. The molecule has 0 spiro atoms. The summed E-state index contributed by atoms with van der Waals surface area (Å²) in [5, 5.41) is 0.811. The molecule has 4 rings (SSSR count). The zero-order valence-electron chi connectivity index (χ0n) is 18.9. The molecule has 1 aromatic heterocycles. The van der Waals surface area contributed by atoms with Gasteiger partial charge in [0.1, 0.15) is 6.04 Å². The highest BCUT2D eigenvalue weighted by molar-refractivity contribution is 7.92. The van der Waals surface area contributed by atoms with Crippen molar-refractivity contribution in [3.05, 3.63) is 60.3 Å². The number of hydrogen-bond donors (Lipinski definition) is 0. The number of alkyl halides is 3. The molecule has 2 heterocycles. The summed E-state index contributed by atoms with van der Waals surface area (Å²) in [5.41, 5.74) is -3.05. The van der Waals surface area contributed by atoms with Crippen molar-refractivity contribution >= 4 is 44.1 Å². The second-order valence-electron chi connectivity index (χ2n) is 8.27. The van der Waals surface area contributed by atoms with Crippen molar-refractivity contribution in [1.82, 2.24) is 9.88 Å². The van der Waals surface area contributed by atoms with Crippen molar-refractivity contribution in [3.8, 4) is 0 Å². The summed E-state index contributed by atoms with van der Waals surface area (Å²) in [4.78, 5) is 33.6. The van der Waals surface area contributed by atoms with Crippen LogP contribution in [0, 0.1) is 0 Å². The summed E-state index contributed by atoms with van der Waals surface area (Å²) in [5.74, 6) is -0.574. The van der Waals surface area contributed by atoms with E-state index in [1.807, 2.05) is 37.2 Å². The number of nitrogens with zero attached hydrogens (tertiary/aromatic N) is 4. The molecule has 3 amide bonds. The van der Waals surface area contributed by atoms with E-state index in [1.54, 1.807) is 19.2 Å². The molecule has 0 saturated carbocycles. The van der Waals surface area contributed by atoms with Crippen molar-refractivity contribution < 1.29 is 31.2 Å². The lowest BCUT2D eigenvalue weighted by Crippen LogP contribution is -2.33. The van der Waals surface area contributed by atoms with Gasteiger partial charge in [-0.25, -0.2) is 18.1 Å². The Morgan fingerprint density at radius 3 is 2.29 bits per heavy atom. The maximum Gasteiger partial charge on any atom is 0.501 e. The number of carbonyl (C=O) groups excluding carboxylic acids is 2. The standard InChI is InChI=1S/C23H21F3N4O4S/c1-14-21(31)30(16-4-7-18(8-5-16)35(33,34)23(24,25)26)22(32)29(14)13-15-10-11-27-20-12-17(28(2)3)6-9-19(15)20/h4-12,14H,13H2,1-3H3. The number of anilines is 2. The number of urea groups is 1. The predicted molar refractivity (Wildman–Crippen MR) is 124 cm³/mol. The van der Waals surface area contributed by atoms with Crippen molar-refractivity contribution in [1.29, 1.82) is 0 Å². The number of sulfone groups is 1. The van der Waals surface area contributed by atoms with Crippen LogP contribution in [0.4, 0.5) is 29.3 Å². The molecule has 0 bridgehead atoms. The molecule has 1 aliphatic heterocycles. The molecule has 3 aromatic rings. The molecule has 1 atom stereocenters. The molecule has 0 N–H and O–H groups in total. The van der Waals surface area contributed by atoms with Crippen LogP contribution in [0.25, 0.3) is 10.9 Å². The Morgan fingerprint density at radius 2 is 1.69 bits per heavy atom. The number of carbonyl (C=O) groups is 2. The van der Waals surface area contributed by atoms with Gasteiger partial charge in [-0.05, 0) is 55.0 Å². The average Bonchev–Trinajstić information content (AvgIpc) is 3.01. The molecular weight excluding hydrogens is 485 g/mol. The third-order valence-corrected chi connectivity index (χ3v) is 7.37. The molecule has 2 aromatic carbocycles. The van der Waals surface area contributed by atoms with Gasteiger partial charge in [0, 0.05) is 37.9 Å². The Morgan fingerprint density at radius 1 is 1.03 bits per heavy atom. The van der Waals surface area contributed by atoms with E-state index in [0.717, 1.165) is 51.3 Å². The van der Waals surface area contributed by atoms with Crippen LogP contribution in [0.1, 0.15) is 12.5 Å². The lowest BCUT2D eigenvalue weighted by atomic mass is 10.1. The van der Waals surface area contributed by atoms with Crippen molar-refractivity contribution in [2.45, 2.75) is 29.9 Å². The van der Waals surface area contributed by atoms with Crippen molar-refractivity contribution in [2.75, 3.05) is 23.9 Å². The first kappa shape index (κ1) is 24.5. The topological polar surface area (TPSA) is 90.9 Å². The second-order valence-corrected chi connectivity index (χ2v) is 10.2. The summed E-state index contributed by atoms with van der Waals surface area (Å²) in [6, 6.07) is 9.42. The zero-order valence-corrected chi connectivity index (χ0v) is 19.8. The van der Waals surface area contributed by atoms with Crippen LogP contribution in [-0.2, 0) is 21.2 Å². The largest absolute Gasteiger partial charge is 0.501 e. The quantitative estimate of drug-likeness (QED) is 0.487. The van der Waals surface area contributed by atoms with Gasteiger partial charge in [0.15, 0.2) is 0 Å². The highest BCUT2D eigenvalue weighted by atomic mass is 32.2. The Balaban J connectivity index is 1.63. The van der Waals surface area contributed by atoms with Crippen LogP contribution >= 0.6 is 0 Å². The molecule has 1 aliphatic rings. The Hall–Kier alpha value is -3.67. The SMILES string of the molecule is CC1C(=O)N(c2ccc(S(=O)(=O)C(F)(F)F)cc2)C(=O)N1Cc1ccnc2cc(N(C)C)ccc12. The fraction of sp³-hybridized carbons (Fsp3) is 0.261. The van der Waals surface area contributed by atoms with E-state index in [9.17, 15) is 31.2 Å². The summed E-state index contributed by atoms with van der Waals surface area (Å²) >= 11 is 0. The summed E-state index contributed by atoms with van der Waals surface area (Å²) in [6.45, 7) is 1.65. The smallest absolute Gasteiger partial charge is 0.378 e. The number of aromatic nitrogens is 1. The van der Waals surface area contributed by atoms with Crippen LogP contribution in [0.3, 0.4) is 0 Å². The number of imide groups is 1. The van der Waals surface area contributed by atoms with E-state index >= 15 is 0 Å². The number of halogens is 3. The number of benzene rings is 2. The number of rotatable bonds is 5. The number of amides is 3. The highest BCUT2D eigenvalue weighted by Crippen LogP contribution is 2.33. The van der Waals surface area contributed by atoms with Gasteiger partial charge in [-0.2, -0.15) is 13.2 Å². The van der Waals surface area contributed by atoms with Crippen molar-refractivity contribution in [3.63, 3.8) is 0 Å². The van der Waals surface area contributed by atoms with E-state index in [2.05, 4.69) is 4.98 Å². The van der Waals surface area contributed by atoms with E-state index in [1.165, 1.54) is 4.90 Å². The van der Waals surface area contributed by atoms with Gasteiger partial charge in [-0.3, -0.25) is 9.78 Å². The van der Waals surface area contributed by atoms with Gasteiger partial charge in [0.05, 0.1) is 16.1 Å². The molecule has 0 radical (unpaired) electrons. The molecule has 12 heteroatoms. The number of pyridine rings is 1. The summed E-state index contributed by atoms with van der Waals surface area (Å²) in [7, 11) is -1.74. The minimum atomic E-state index is -5.54. The van der Waals surface area contributed by atoms with Gasteiger partial charge in [0.25, 0.3) is 15.7 Å². The zero-order chi connectivity index (χ0) is 25.7. The summed E-state index contributed by atoms with van der Waals surface area (Å²) < 4.78 is 61.6. The molecule has 0 aliphatic carbocycles. The highest BCUT2D eigenvalue weighted by Gasteiger charge is 2.47. The van der Waals surface area contributed by atoms with Gasteiger partial charge in [-0.1, -0.05) is 6.07 Å². The van der Waals surface area contributed by atoms with E-state index in [4.69, 9.17) is 0 Å². The lowest BCUT2D eigenvalue weighted by Gasteiger charge is -2.21. The third-order valence-electron chi connectivity index (χ3n) is 5.87. The van der Waals surface area contributed by atoms with E-state index < -0.39 is 38.2 Å². The molecule has 184 valence electrons. The Kier molecular flexibility index (Phi) is 5.95. The molecule has 1 unspecified atom stereocenters. The predicted octanol–water partition coefficient (Wildman–Crippen LogP) is 3.95. The van der Waals surface area contributed by atoms with Gasteiger partial charge in [0.2, 0.25) is 0 Å². The molecule has 1 saturated heterocycles. The molecule has 8 nitrogen and oxygen atoms in total. The minimum absolute atomic E-state index is 0.0225. The van der Waals surface area contributed by atoms with Crippen LogP contribution in [0.15, 0.2) is 59.6 Å². The van der Waals surface area contributed by atoms with Crippen LogP contribution in [0.5, 0.6) is 0 Å². The van der Waals surface area contributed by atoms with E-state index in [-0.39, 0.29) is 12.2 Å². The first-order chi connectivity index (χ1) is 16.3. The monoisotopic (exact) mass is 506 g/mol. The van der Waals surface area contributed by atoms with Gasteiger partial charge >= 0.3 is 11.5 Å². The Bertz CT molecular complexity index is 1420.